The molecule has 0 radical (unpaired) electrons. The van der Waals surface area contributed by atoms with Crippen molar-refractivity contribution in [2.24, 2.45) is 0 Å². The van der Waals surface area contributed by atoms with E-state index in [0.717, 1.165) is 18.8 Å². The molecule has 2 rings (SSSR count). The van der Waals surface area contributed by atoms with Gasteiger partial charge in [-0.2, -0.15) is 0 Å². The maximum Gasteiger partial charge on any atom is 0.337 e. The van der Waals surface area contributed by atoms with E-state index in [1.807, 2.05) is 0 Å². The Morgan fingerprint density at radius 3 is 2.67 bits per heavy atom. The zero-order chi connectivity index (χ0) is 10.7. The molecule has 1 N–H and O–H groups in total. The van der Waals surface area contributed by atoms with Gasteiger partial charge in [0.1, 0.15) is 0 Å². The fraction of sp³-hybridized carbons (Fsp3) is 0.455. The van der Waals surface area contributed by atoms with Gasteiger partial charge in [0, 0.05) is 19.3 Å². The molecule has 4 nitrogen and oxygen atoms in total. The zero-order valence-electron chi connectivity index (χ0n) is 8.52. The maximum absolute atomic E-state index is 10.8. The van der Waals surface area contributed by atoms with Crippen LogP contribution in [0.2, 0.25) is 0 Å². The third-order valence-electron chi connectivity index (χ3n) is 2.69. The van der Waals surface area contributed by atoms with E-state index in [-0.39, 0.29) is 5.56 Å². The molecule has 1 aliphatic rings. The molecule has 1 fully saturated rings. The van der Waals surface area contributed by atoms with Crippen LogP contribution in [0.15, 0.2) is 18.5 Å². The first-order valence-electron chi connectivity index (χ1n) is 5.20. The Hall–Kier alpha value is -1.58. The minimum atomic E-state index is -0.915. The Labute approximate surface area is 88.6 Å². The average molecular weight is 206 g/mol. The van der Waals surface area contributed by atoms with Gasteiger partial charge in [0.15, 0.2) is 0 Å². The normalized spacial score (nSPS) is 16.4. The maximum atomic E-state index is 10.8. The number of pyridine rings is 1. The molecule has 0 unspecified atom stereocenters. The summed E-state index contributed by atoms with van der Waals surface area (Å²) >= 11 is 0. The predicted molar refractivity (Wildman–Crippen MR) is 57.3 cm³/mol. The lowest BCUT2D eigenvalue weighted by Gasteiger charge is -2.28. The molecule has 0 aromatic carbocycles. The number of anilines is 1. The molecule has 80 valence electrons. The van der Waals surface area contributed by atoms with Crippen LogP contribution in [0, 0.1) is 0 Å². The fourth-order valence-corrected chi connectivity index (χ4v) is 1.87. The minimum absolute atomic E-state index is 0.262. The average Bonchev–Trinajstić information content (AvgIpc) is 2.30. The molecule has 0 saturated carbocycles. The van der Waals surface area contributed by atoms with E-state index in [0.29, 0.717) is 0 Å². The molecular weight excluding hydrogens is 192 g/mol. The van der Waals surface area contributed by atoms with Crippen LogP contribution in [0.5, 0.6) is 0 Å². The van der Waals surface area contributed by atoms with Gasteiger partial charge >= 0.3 is 5.97 Å². The molecule has 1 aromatic rings. The van der Waals surface area contributed by atoms with Gasteiger partial charge in [-0.15, -0.1) is 0 Å². The lowest BCUT2D eigenvalue weighted by Crippen LogP contribution is -2.29. The number of piperidine rings is 1. The van der Waals surface area contributed by atoms with Crippen molar-refractivity contribution in [3.63, 3.8) is 0 Å². The van der Waals surface area contributed by atoms with E-state index in [2.05, 4.69) is 9.88 Å². The lowest BCUT2D eigenvalue weighted by atomic mass is 10.1. The third-order valence-corrected chi connectivity index (χ3v) is 2.69. The van der Waals surface area contributed by atoms with Crippen LogP contribution < -0.4 is 4.90 Å². The highest BCUT2D eigenvalue weighted by atomic mass is 16.4. The van der Waals surface area contributed by atoms with E-state index in [1.165, 1.54) is 25.5 Å². The van der Waals surface area contributed by atoms with Crippen LogP contribution in [-0.2, 0) is 0 Å². The summed E-state index contributed by atoms with van der Waals surface area (Å²) in [6.45, 7) is 2.01. The van der Waals surface area contributed by atoms with Crippen molar-refractivity contribution in [1.29, 1.82) is 0 Å². The third kappa shape index (κ3) is 2.26. The first-order valence-corrected chi connectivity index (χ1v) is 5.20. The lowest BCUT2D eigenvalue weighted by molar-refractivity contribution is 0.0696. The van der Waals surface area contributed by atoms with Gasteiger partial charge < -0.3 is 10.0 Å². The standard InChI is InChI=1S/C11H14N2O2/c14-11(15)9-6-10(8-12-7-9)13-4-2-1-3-5-13/h6-8H,1-5H2,(H,14,15). The SMILES string of the molecule is O=C(O)c1cncc(N2CCCCC2)c1. The summed E-state index contributed by atoms with van der Waals surface area (Å²) in [5.74, 6) is -0.915. The molecular formula is C11H14N2O2. The molecule has 1 saturated heterocycles. The summed E-state index contributed by atoms with van der Waals surface area (Å²) < 4.78 is 0. The van der Waals surface area contributed by atoms with Crippen molar-refractivity contribution < 1.29 is 9.90 Å². The number of carboxylic acid groups (broad SMARTS) is 1. The summed E-state index contributed by atoms with van der Waals surface area (Å²) in [6.07, 6.45) is 6.74. The van der Waals surface area contributed by atoms with E-state index in [9.17, 15) is 4.79 Å². The first-order chi connectivity index (χ1) is 7.27. The largest absolute Gasteiger partial charge is 0.478 e. The molecule has 0 aliphatic carbocycles. The number of nitrogens with zero attached hydrogens (tertiary/aromatic N) is 2. The number of hydrogen-bond acceptors (Lipinski definition) is 3. The zero-order valence-corrected chi connectivity index (χ0v) is 8.52. The van der Waals surface area contributed by atoms with E-state index in [4.69, 9.17) is 5.11 Å². The van der Waals surface area contributed by atoms with Gasteiger partial charge in [-0.3, -0.25) is 4.98 Å². The molecule has 1 aromatic heterocycles. The van der Waals surface area contributed by atoms with Gasteiger partial charge in [-0.05, 0) is 25.3 Å². The molecule has 0 bridgehead atoms. The molecule has 0 spiro atoms. The van der Waals surface area contributed by atoms with Crippen LogP contribution in [0.3, 0.4) is 0 Å². The Morgan fingerprint density at radius 1 is 1.27 bits per heavy atom. The van der Waals surface area contributed by atoms with E-state index in [1.54, 1.807) is 12.3 Å². The highest BCUT2D eigenvalue weighted by molar-refractivity contribution is 5.88. The van der Waals surface area contributed by atoms with Crippen molar-refractivity contribution in [2.45, 2.75) is 19.3 Å². The van der Waals surface area contributed by atoms with Gasteiger partial charge in [0.05, 0.1) is 17.4 Å². The number of carbonyl (C=O) groups is 1. The summed E-state index contributed by atoms with van der Waals surface area (Å²) in [5.41, 5.74) is 1.19. The molecule has 0 atom stereocenters. The highest BCUT2D eigenvalue weighted by Gasteiger charge is 2.12. The van der Waals surface area contributed by atoms with Gasteiger partial charge in [-0.1, -0.05) is 0 Å². The van der Waals surface area contributed by atoms with Crippen molar-refractivity contribution in [3.8, 4) is 0 Å². The Bertz CT molecular complexity index is 359. The second-order valence-corrected chi connectivity index (χ2v) is 3.78. The minimum Gasteiger partial charge on any atom is -0.478 e. The summed E-state index contributed by atoms with van der Waals surface area (Å²) in [6, 6.07) is 1.70. The fourth-order valence-electron chi connectivity index (χ4n) is 1.87. The monoisotopic (exact) mass is 206 g/mol. The van der Waals surface area contributed by atoms with Crippen LogP contribution in [0.1, 0.15) is 29.6 Å². The number of rotatable bonds is 2. The molecule has 4 heteroatoms. The van der Waals surface area contributed by atoms with Crippen LogP contribution in [0.25, 0.3) is 0 Å². The Balaban J connectivity index is 2.19. The predicted octanol–water partition coefficient (Wildman–Crippen LogP) is 1.77. The highest BCUT2D eigenvalue weighted by Crippen LogP contribution is 2.19. The Kier molecular flexibility index (Phi) is 2.85. The number of aromatic carboxylic acids is 1. The summed E-state index contributed by atoms with van der Waals surface area (Å²) in [5, 5.41) is 8.85. The quantitative estimate of drug-likeness (QED) is 0.801. The number of carboxylic acids is 1. The molecule has 2 heterocycles. The number of aromatic nitrogens is 1. The van der Waals surface area contributed by atoms with E-state index >= 15 is 0 Å². The van der Waals surface area contributed by atoms with Crippen molar-refractivity contribution in [2.75, 3.05) is 18.0 Å². The molecule has 0 amide bonds. The summed E-state index contributed by atoms with van der Waals surface area (Å²) in [7, 11) is 0. The van der Waals surface area contributed by atoms with Gasteiger partial charge in [0.2, 0.25) is 0 Å². The van der Waals surface area contributed by atoms with Crippen LogP contribution >= 0.6 is 0 Å². The van der Waals surface area contributed by atoms with Crippen LogP contribution in [0.4, 0.5) is 5.69 Å². The van der Waals surface area contributed by atoms with Crippen molar-refractivity contribution >= 4 is 11.7 Å². The number of hydrogen-bond donors (Lipinski definition) is 1. The second kappa shape index (κ2) is 4.29. The second-order valence-electron chi connectivity index (χ2n) is 3.78. The van der Waals surface area contributed by atoms with Gasteiger partial charge in [0.25, 0.3) is 0 Å². The topological polar surface area (TPSA) is 53.4 Å². The van der Waals surface area contributed by atoms with E-state index < -0.39 is 5.97 Å². The van der Waals surface area contributed by atoms with Gasteiger partial charge in [-0.25, -0.2) is 4.79 Å². The smallest absolute Gasteiger partial charge is 0.337 e. The van der Waals surface area contributed by atoms with Crippen molar-refractivity contribution in [3.05, 3.63) is 24.0 Å². The first kappa shape index (κ1) is 9.96. The van der Waals surface area contributed by atoms with Crippen molar-refractivity contribution in [1.82, 2.24) is 4.98 Å². The van der Waals surface area contributed by atoms with Crippen LogP contribution in [-0.4, -0.2) is 29.1 Å². The Morgan fingerprint density at radius 2 is 2.00 bits per heavy atom. The molecule has 15 heavy (non-hydrogen) atoms. The summed E-state index contributed by atoms with van der Waals surface area (Å²) in [4.78, 5) is 16.9. The molecule has 1 aliphatic heterocycles.